The van der Waals surface area contributed by atoms with Gasteiger partial charge in [-0.15, -0.1) is 0 Å². The predicted octanol–water partition coefficient (Wildman–Crippen LogP) is 3.44. The lowest BCUT2D eigenvalue weighted by atomic mass is 9.96. The Balaban J connectivity index is 1.42. The fraction of sp³-hybridized carbons (Fsp3) is 0.409. The lowest BCUT2D eigenvalue weighted by Gasteiger charge is -2.29. The summed E-state index contributed by atoms with van der Waals surface area (Å²) in [5, 5.41) is 0. The molecule has 2 aliphatic rings. The van der Waals surface area contributed by atoms with Gasteiger partial charge in [0, 0.05) is 25.6 Å². The highest BCUT2D eigenvalue weighted by Gasteiger charge is 2.45. The molecule has 0 aromatic heterocycles. The minimum absolute atomic E-state index is 0.192. The van der Waals surface area contributed by atoms with Crippen LogP contribution in [0.4, 0.5) is 0 Å². The third-order valence-corrected chi connectivity index (χ3v) is 5.43. The Labute approximate surface area is 150 Å². The highest BCUT2D eigenvalue weighted by molar-refractivity contribution is 5.83. The van der Waals surface area contributed by atoms with Gasteiger partial charge in [0.05, 0.1) is 0 Å². The number of hydrogen-bond acceptors (Lipinski definition) is 2. The van der Waals surface area contributed by atoms with Crippen molar-refractivity contribution in [1.82, 2.24) is 9.80 Å². The van der Waals surface area contributed by atoms with E-state index < -0.39 is 0 Å². The zero-order chi connectivity index (χ0) is 17.4. The van der Waals surface area contributed by atoms with E-state index >= 15 is 0 Å². The molecule has 3 nitrogen and oxygen atoms in total. The van der Waals surface area contributed by atoms with E-state index in [1.54, 1.807) is 0 Å². The van der Waals surface area contributed by atoms with E-state index in [1.807, 2.05) is 6.07 Å². The van der Waals surface area contributed by atoms with Gasteiger partial charge in [-0.25, -0.2) is 0 Å². The van der Waals surface area contributed by atoms with Crippen LogP contribution in [-0.2, 0) is 24.3 Å². The Morgan fingerprint density at radius 3 is 2.68 bits per heavy atom. The number of fused-ring (bicyclic) bond motifs is 1. The number of amides is 1. The average Bonchev–Trinajstić information content (AvgIpc) is 3.41. The van der Waals surface area contributed by atoms with Crippen molar-refractivity contribution in [1.29, 1.82) is 0 Å². The van der Waals surface area contributed by atoms with E-state index in [2.05, 4.69) is 66.4 Å². The lowest BCUT2D eigenvalue weighted by molar-refractivity contribution is -0.133. The Bertz CT molecular complexity index is 769. The lowest BCUT2D eigenvalue weighted by Crippen LogP contribution is -2.37. The molecule has 0 saturated heterocycles. The summed E-state index contributed by atoms with van der Waals surface area (Å²) in [7, 11) is 4.19. The monoisotopic (exact) mass is 334 g/mol. The van der Waals surface area contributed by atoms with Gasteiger partial charge in [-0.1, -0.05) is 48.5 Å². The second-order valence-corrected chi connectivity index (χ2v) is 7.71. The van der Waals surface area contributed by atoms with Gasteiger partial charge in [0.1, 0.15) is 0 Å². The molecule has 130 valence electrons. The molecule has 0 radical (unpaired) electrons. The van der Waals surface area contributed by atoms with Crippen LogP contribution in [0.15, 0.2) is 48.5 Å². The molecule has 25 heavy (non-hydrogen) atoms. The number of carbonyl (C=O) groups excluding carboxylic acids is 1. The first-order valence-electron chi connectivity index (χ1n) is 9.21. The van der Waals surface area contributed by atoms with E-state index in [9.17, 15) is 4.79 Å². The van der Waals surface area contributed by atoms with Gasteiger partial charge in [-0.05, 0) is 55.1 Å². The maximum Gasteiger partial charge on any atom is 0.226 e. The van der Waals surface area contributed by atoms with Crippen molar-refractivity contribution < 1.29 is 4.79 Å². The van der Waals surface area contributed by atoms with Crippen LogP contribution >= 0.6 is 0 Å². The molecule has 1 heterocycles. The highest BCUT2D eigenvalue weighted by atomic mass is 16.2. The van der Waals surface area contributed by atoms with Crippen LogP contribution in [0.5, 0.6) is 0 Å². The maximum absolute atomic E-state index is 12.9. The van der Waals surface area contributed by atoms with Gasteiger partial charge in [0.15, 0.2) is 0 Å². The van der Waals surface area contributed by atoms with Gasteiger partial charge in [0.25, 0.3) is 0 Å². The molecule has 0 spiro atoms. The van der Waals surface area contributed by atoms with Crippen molar-refractivity contribution in [3.05, 3.63) is 70.8 Å². The van der Waals surface area contributed by atoms with Crippen molar-refractivity contribution in [2.75, 3.05) is 20.6 Å². The first kappa shape index (κ1) is 16.3. The topological polar surface area (TPSA) is 23.6 Å². The molecule has 1 fully saturated rings. The van der Waals surface area contributed by atoms with Gasteiger partial charge in [-0.2, -0.15) is 0 Å². The predicted molar refractivity (Wildman–Crippen MR) is 100 cm³/mol. The van der Waals surface area contributed by atoms with E-state index in [4.69, 9.17) is 0 Å². The van der Waals surface area contributed by atoms with E-state index in [0.717, 1.165) is 32.5 Å². The smallest absolute Gasteiger partial charge is 0.226 e. The van der Waals surface area contributed by atoms with Crippen molar-refractivity contribution in [2.45, 2.75) is 31.8 Å². The van der Waals surface area contributed by atoms with Crippen LogP contribution in [0.2, 0.25) is 0 Å². The molecule has 3 heteroatoms. The molecule has 1 saturated carbocycles. The third kappa shape index (κ3) is 3.47. The normalized spacial score (nSPS) is 22.0. The van der Waals surface area contributed by atoms with Crippen molar-refractivity contribution in [2.24, 2.45) is 5.92 Å². The Morgan fingerprint density at radius 2 is 1.92 bits per heavy atom. The van der Waals surface area contributed by atoms with Gasteiger partial charge in [-0.3, -0.25) is 4.79 Å². The minimum atomic E-state index is 0.192. The Hall–Kier alpha value is -2.13. The summed E-state index contributed by atoms with van der Waals surface area (Å²) in [6, 6.07) is 17.2. The fourth-order valence-electron chi connectivity index (χ4n) is 4.03. The summed E-state index contributed by atoms with van der Waals surface area (Å²) in [5.74, 6) is 0.964. The summed E-state index contributed by atoms with van der Waals surface area (Å²) in [5.41, 5.74) is 5.40. The van der Waals surface area contributed by atoms with Crippen LogP contribution < -0.4 is 0 Å². The molecule has 0 N–H and O–H groups in total. The molecule has 4 rings (SSSR count). The van der Waals surface area contributed by atoms with Crippen molar-refractivity contribution >= 4 is 5.91 Å². The Kier molecular flexibility index (Phi) is 4.34. The second-order valence-electron chi connectivity index (χ2n) is 7.71. The molecule has 0 bridgehead atoms. The number of nitrogens with zero attached hydrogens (tertiary/aromatic N) is 2. The minimum Gasteiger partial charge on any atom is -0.338 e. The van der Waals surface area contributed by atoms with E-state index in [1.165, 1.54) is 22.3 Å². The molecular weight excluding hydrogens is 308 g/mol. The van der Waals surface area contributed by atoms with Crippen LogP contribution in [-0.4, -0.2) is 36.3 Å². The molecule has 2 atom stereocenters. The molecule has 2 aromatic carbocycles. The number of hydrogen-bond donors (Lipinski definition) is 0. The SMILES string of the molecule is CN(C)Cc1ccc2c(c1)CCN(C(=O)[C@H]1C[C@@H]1c1ccccc1)C2. The van der Waals surface area contributed by atoms with E-state index in [0.29, 0.717) is 11.8 Å². The zero-order valence-electron chi connectivity index (χ0n) is 15.1. The molecule has 1 aliphatic heterocycles. The molecule has 1 aliphatic carbocycles. The number of rotatable bonds is 4. The second kappa shape index (κ2) is 6.64. The molecule has 0 unspecified atom stereocenters. The van der Waals surface area contributed by atoms with Crippen LogP contribution in [0.1, 0.15) is 34.6 Å². The number of carbonyl (C=O) groups is 1. The van der Waals surface area contributed by atoms with Crippen LogP contribution in [0.25, 0.3) is 0 Å². The Morgan fingerprint density at radius 1 is 1.12 bits per heavy atom. The largest absolute Gasteiger partial charge is 0.338 e. The maximum atomic E-state index is 12.9. The van der Waals surface area contributed by atoms with Crippen LogP contribution in [0.3, 0.4) is 0 Å². The summed E-state index contributed by atoms with van der Waals surface area (Å²) in [4.78, 5) is 17.1. The third-order valence-electron chi connectivity index (χ3n) is 5.43. The standard InChI is InChI=1S/C22H26N2O/c1-23(2)14-16-8-9-19-15-24(11-10-18(19)12-16)22(25)21-13-20(21)17-6-4-3-5-7-17/h3-9,12,20-21H,10-11,13-15H2,1-2H3/t20-,21+/m1/s1. The molecule has 2 aromatic rings. The number of benzene rings is 2. The zero-order valence-corrected chi connectivity index (χ0v) is 15.1. The summed E-state index contributed by atoms with van der Waals surface area (Å²) >= 11 is 0. The summed E-state index contributed by atoms with van der Waals surface area (Å²) < 4.78 is 0. The van der Waals surface area contributed by atoms with Gasteiger partial charge in [0.2, 0.25) is 5.91 Å². The highest BCUT2D eigenvalue weighted by Crippen LogP contribution is 2.48. The van der Waals surface area contributed by atoms with Gasteiger partial charge < -0.3 is 9.80 Å². The molecule has 1 amide bonds. The van der Waals surface area contributed by atoms with Crippen molar-refractivity contribution in [3.63, 3.8) is 0 Å². The molecular formula is C22H26N2O. The summed E-state index contributed by atoms with van der Waals surface area (Å²) in [6.45, 7) is 2.60. The van der Waals surface area contributed by atoms with Gasteiger partial charge >= 0.3 is 0 Å². The van der Waals surface area contributed by atoms with Crippen molar-refractivity contribution in [3.8, 4) is 0 Å². The summed E-state index contributed by atoms with van der Waals surface area (Å²) in [6.07, 6.45) is 1.99. The van der Waals surface area contributed by atoms with E-state index in [-0.39, 0.29) is 5.92 Å². The quantitative estimate of drug-likeness (QED) is 0.855. The first-order valence-corrected chi connectivity index (χ1v) is 9.21. The first-order chi connectivity index (χ1) is 12.1. The van der Waals surface area contributed by atoms with Crippen LogP contribution in [0, 0.1) is 5.92 Å². The average molecular weight is 334 g/mol. The fourth-order valence-corrected chi connectivity index (χ4v) is 4.03.